The second-order valence-electron chi connectivity index (χ2n) is 9.00. The third-order valence-electron chi connectivity index (χ3n) is 5.06. The number of ether oxygens (including phenoxy) is 1. The third-order valence-corrected chi connectivity index (χ3v) is 5.06. The topological polar surface area (TPSA) is 227 Å². The molecule has 4 amide bonds. The normalized spacial score (nSPS) is 11.6. The van der Waals surface area contributed by atoms with E-state index in [1.807, 2.05) is 44.2 Å². The van der Waals surface area contributed by atoms with Crippen LogP contribution in [0, 0.1) is 5.92 Å². The molecule has 14 heteroatoms. The minimum absolute atomic E-state index is 0.0946. The van der Waals surface area contributed by atoms with Crippen LogP contribution in [0.2, 0.25) is 0 Å². The maximum absolute atomic E-state index is 12.8. The Labute approximate surface area is 234 Å². The number of aliphatic hydroxyl groups excluding tert-OH is 1. The molecule has 0 saturated heterocycles. The number of aliphatic imine (C=N–C) groups is 1. The molecular weight excluding hydrogens is 522 g/mol. The van der Waals surface area contributed by atoms with Crippen molar-refractivity contribution in [2.24, 2.45) is 22.4 Å². The van der Waals surface area contributed by atoms with E-state index in [4.69, 9.17) is 21.3 Å². The van der Waals surface area contributed by atoms with Crippen molar-refractivity contribution in [2.45, 2.75) is 52.1 Å². The molecule has 0 aromatic heterocycles. The minimum atomic E-state index is -1.16. The summed E-state index contributed by atoms with van der Waals surface area (Å²) in [7, 11) is 1.00. The van der Waals surface area contributed by atoms with Gasteiger partial charge >= 0.3 is 6.09 Å². The van der Waals surface area contributed by atoms with Crippen LogP contribution in [0.25, 0.3) is 0 Å². The molecule has 9 N–H and O–H groups in total. The maximum atomic E-state index is 12.8. The quantitative estimate of drug-likeness (QED) is 0.0560. The Kier molecular flexibility index (Phi) is 18.5. The summed E-state index contributed by atoms with van der Waals surface area (Å²) in [5.41, 5.74) is 11.6. The second-order valence-corrected chi connectivity index (χ2v) is 9.00. The average molecular weight is 566 g/mol. The monoisotopic (exact) mass is 565 g/mol. The number of benzene rings is 1. The van der Waals surface area contributed by atoms with Crippen LogP contribution in [0.5, 0.6) is 0 Å². The van der Waals surface area contributed by atoms with Gasteiger partial charge in [-0.15, -0.1) is 0 Å². The van der Waals surface area contributed by atoms with Gasteiger partial charge in [-0.1, -0.05) is 44.2 Å². The number of aliphatic hydroxyl groups is 1. The lowest BCUT2D eigenvalue weighted by atomic mass is 10.0. The molecule has 2 atom stereocenters. The number of carbonyl (C=O) groups is 5. The number of Topliss-reactive ketones (excluding diaryl/α,β-unsaturated/α-hetero) is 1. The van der Waals surface area contributed by atoms with Gasteiger partial charge in [0, 0.05) is 20.2 Å². The molecule has 224 valence electrons. The van der Waals surface area contributed by atoms with E-state index in [1.54, 1.807) is 0 Å². The van der Waals surface area contributed by atoms with Gasteiger partial charge in [0.15, 0.2) is 5.96 Å². The Bertz CT molecular complexity index is 967. The van der Waals surface area contributed by atoms with E-state index in [1.165, 1.54) is 6.92 Å². The number of ketones is 1. The first-order valence-electron chi connectivity index (χ1n) is 12.9. The van der Waals surface area contributed by atoms with Crippen molar-refractivity contribution in [3.63, 3.8) is 0 Å². The summed E-state index contributed by atoms with van der Waals surface area (Å²) in [5, 5.41) is 16.8. The van der Waals surface area contributed by atoms with Gasteiger partial charge in [0.1, 0.15) is 12.6 Å². The van der Waals surface area contributed by atoms with Crippen LogP contribution in [0.4, 0.5) is 4.79 Å². The first-order valence-corrected chi connectivity index (χ1v) is 12.9. The highest BCUT2D eigenvalue weighted by molar-refractivity contribution is 6.38. The van der Waals surface area contributed by atoms with Gasteiger partial charge in [-0.2, -0.15) is 0 Å². The van der Waals surface area contributed by atoms with E-state index in [0.29, 0.717) is 12.8 Å². The first kappa shape index (κ1) is 35.8. The van der Waals surface area contributed by atoms with Gasteiger partial charge < -0.3 is 42.6 Å². The van der Waals surface area contributed by atoms with Gasteiger partial charge in [-0.25, -0.2) is 4.79 Å². The zero-order valence-corrected chi connectivity index (χ0v) is 23.6. The van der Waals surface area contributed by atoms with Gasteiger partial charge in [0.2, 0.25) is 17.6 Å². The van der Waals surface area contributed by atoms with Gasteiger partial charge in [0.05, 0.1) is 12.6 Å². The van der Waals surface area contributed by atoms with Crippen molar-refractivity contribution in [1.82, 2.24) is 21.3 Å². The van der Waals surface area contributed by atoms with Gasteiger partial charge in [0.25, 0.3) is 5.91 Å². The Hall–Kier alpha value is -4.20. The number of guanidine groups is 1. The molecule has 0 heterocycles. The number of alkyl carbamates (subject to hydrolysis) is 1. The largest absolute Gasteiger partial charge is 0.449 e. The van der Waals surface area contributed by atoms with Crippen LogP contribution in [0.1, 0.15) is 39.2 Å². The molecule has 0 radical (unpaired) electrons. The SMILES string of the molecule is CC(C)COC(=O)NCC(=O)N[C@@H](C)C(=O)NC(CCCN=C(N)N)C(=O)C(=O)NCCc1ccccc1.CO. The van der Waals surface area contributed by atoms with Crippen molar-refractivity contribution in [1.29, 1.82) is 0 Å². The van der Waals surface area contributed by atoms with E-state index in [-0.39, 0.29) is 38.0 Å². The van der Waals surface area contributed by atoms with Crippen molar-refractivity contribution < 1.29 is 33.8 Å². The Morgan fingerprint density at radius 2 is 1.62 bits per heavy atom. The highest BCUT2D eigenvalue weighted by Gasteiger charge is 2.28. The van der Waals surface area contributed by atoms with Crippen LogP contribution >= 0.6 is 0 Å². The molecule has 0 saturated carbocycles. The fraction of sp³-hybridized carbons (Fsp3) is 0.538. The molecule has 14 nitrogen and oxygen atoms in total. The molecule has 1 rings (SSSR count). The van der Waals surface area contributed by atoms with E-state index in [0.717, 1.165) is 12.7 Å². The highest BCUT2D eigenvalue weighted by Crippen LogP contribution is 2.03. The predicted molar refractivity (Wildman–Crippen MR) is 150 cm³/mol. The standard InChI is InChI=1S/C25H39N7O6.CH4O/c1-16(2)15-38-25(37)30-14-20(33)31-17(3)22(35)32-19(10-7-12-29-24(26)27)21(34)23(36)28-13-11-18-8-5-4-6-9-18;1-2/h4-6,8-9,16-17,19H,7,10-15H2,1-3H3,(H,28,36)(H,30,37)(H,31,33)(H,32,35)(H4,26,27,29);2H,1H3/t17-,19?;/m0./s1. The number of amides is 4. The number of nitrogens with zero attached hydrogens (tertiary/aromatic N) is 1. The lowest BCUT2D eigenvalue weighted by molar-refractivity contribution is -0.140. The van der Waals surface area contributed by atoms with E-state index >= 15 is 0 Å². The fourth-order valence-corrected chi connectivity index (χ4v) is 3.08. The summed E-state index contributed by atoms with van der Waals surface area (Å²) in [6, 6.07) is 7.23. The van der Waals surface area contributed by atoms with Crippen LogP contribution in [-0.2, 0) is 30.3 Å². The summed E-state index contributed by atoms with van der Waals surface area (Å²) < 4.78 is 4.91. The Morgan fingerprint density at radius 1 is 0.975 bits per heavy atom. The zero-order valence-electron chi connectivity index (χ0n) is 23.6. The Morgan fingerprint density at radius 3 is 2.23 bits per heavy atom. The second kappa shape index (κ2) is 20.7. The van der Waals surface area contributed by atoms with Crippen LogP contribution in [0.3, 0.4) is 0 Å². The van der Waals surface area contributed by atoms with E-state index < -0.39 is 48.2 Å². The number of hydrogen-bond donors (Lipinski definition) is 7. The molecule has 0 aliphatic heterocycles. The molecule has 1 unspecified atom stereocenters. The number of hydrogen-bond acceptors (Lipinski definition) is 8. The number of nitrogens with two attached hydrogens (primary N) is 2. The molecule has 0 bridgehead atoms. The van der Waals surface area contributed by atoms with Crippen molar-refractivity contribution in [3.05, 3.63) is 35.9 Å². The molecule has 1 aromatic carbocycles. The molecule has 0 aliphatic rings. The molecule has 0 spiro atoms. The lowest BCUT2D eigenvalue weighted by Crippen LogP contribution is -2.54. The van der Waals surface area contributed by atoms with Crippen LogP contribution in [0.15, 0.2) is 35.3 Å². The smallest absolute Gasteiger partial charge is 0.407 e. The van der Waals surface area contributed by atoms with E-state index in [2.05, 4.69) is 26.3 Å². The number of nitrogens with one attached hydrogen (secondary N) is 4. The van der Waals surface area contributed by atoms with Gasteiger partial charge in [-0.05, 0) is 37.7 Å². The molecule has 0 fully saturated rings. The third kappa shape index (κ3) is 16.6. The van der Waals surface area contributed by atoms with Crippen LogP contribution < -0.4 is 32.7 Å². The molecule has 1 aromatic rings. The Balaban J connectivity index is 0.00000742. The van der Waals surface area contributed by atoms with E-state index in [9.17, 15) is 24.0 Å². The maximum Gasteiger partial charge on any atom is 0.407 e. The predicted octanol–water partition coefficient (Wildman–Crippen LogP) is -1.05. The van der Waals surface area contributed by atoms with Crippen molar-refractivity contribution in [3.8, 4) is 0 Å². The summed E-state index contributed by atoms with van der Waals surface area (Å²) in [4.78, 5) is 65.5. The van der Waals surface area contributed by atoms with Crippen molar-refractivity contribution in [2.75, 3.05) is 33.4 Å². The average Bonchev–Trinajstić information content (AvgIpc) is 2.93. The lowest BCUT2D eigenvalue weighted by Gasteiger charge is -2.20. The molecule has 40 heavy (non-hydrogen) atoms. The van der Waals surface area contributed by atoms with Crippen LogP contribution in [-0.4, -0.2) is 86.1 Å². The highest BCUT2D eigenvalue weighted by atomic mass is 16.5. The summed E-state index contributed by atoms with van der Waals surface area (Å²) >= 11 is 0. The summed E-state index contributed by atoms with van der Waals surface area (Å²) in [6.07, 6.45) is 0.186. The minimum Gasteiger partial charge on any atom is -0.449 e. The first-order chi connectivity index (χ1) is 19.0. The number of carbonyl (C=O) groups excluding carboxylic acids is 5. The van der Waals surface area contributed by atoms with Crippen molar-refractivity contribution >= 4 is 35.6 Å². The number of rotatable bonds is 16. The summed E-state index contributed by atoms with van der Waals surface area (Å²) in [5.74, 6) is -2.97. The fourth-order valence-electron chi connectivity index (χ4n) is 3.08. The molecule has 0 aliphatic carbocycles. The zero-order chi connectivity index (χ0) is 30.5. The van der Waals surface area contributed by atoms with Gasteiger partial charge in [-0.3, -0.25) is 24.2 Å². The molecular formula is C26H43N7O7. The summed E-state index contributed by atoms with van der Waals surface area (Å²) in [6.45, 7) is 5.38.